The normalized spacial score (nSPS) is 21.4. The van der Waals surface area contributed by atoms with E-state index >= 15 is 0 Å². The summed E-state index contributed by atoms with van der Waals surface area (Å²) >= 11 is 1.64. The molecule has 7 heteroatoms. The van der Waals surface area contributed by atoms with E-state index in [0.29, 0.717) is 39.0 Å². The molecular weight excluding hydrogens is 388 g/mol. The lowest BCUT2D eigenvalue weighted by molar-refractivity contribution is -0.162. The molecule has 2 saturated heterocycles. The Kier molecular flexibility index (Phi) is 7.84. The molecule has 1 aromatic carbocycles. The average molecular weight is 421 g/mol. The monoisotopic (exact) mass is 420 g/mol. The van der Waals surface area contributed by atoms with Gasteiger partial charge in [0, 0.05) is 30.3 Å². The van der Waals surface area contributed by atoms with Crippen molar-refractivity contribution in [2.75, 3.05) is 37.9 Å². The summed E-state index contributed by atoms with van der Waals surface area (Å²) in [5.74, 6) is -0.137. The van der Waals surface area contributed by atoms with Crippen molar-refractivity contribution in [2.45, 2.75) is 56.4 Å². The number of piperidine rings is 1. The number of ether oxygens (including phenoxy) is 2. The van der Waals surface area contributed by atoms with Crippen LogP contribution in [0, 0.1) is 5.41 Å². The molecule has 0 radical (unpaired) electrons. The Labute approximate surface area is 177 Å². The van der Waals surface area contributed by atoms with Gasteiger partial charge in [0.2, 0.25) is 0 Å². The van der Waals surface area contributed by atoms with Gasteiger partial charge in [-0.25, -0.2) is 4.79 Å². The number of hydrogen-bond acceptors (Lipinski definition) is 5. The van der Waals surface area contributed by atoms with Gasteiger partial charge in [0.25, 0.3) is 0 Å². The Morgan fingerprint density at radius 3 is 2.76 bits per heavy atom. The van der Waals surface area contributed by atoms with Gasteiger partial charge in [0.1, 0.15) is 0 Å². The van der Waals surface area contributed by atoms with Crippen LogP contribution in [0.4, 0.5) is 10.5 Å². The fourth-order valence-electron chi connectivity index (χ4n) is 4.22. The molecule has 2 fully saturated rings. The zero-order chi connectivity index (χ0) is 20.7. The van der Waals surface area contributed by atoms with Crippen molar-refractivity contribution in [3.8, 4) is 0 Å². The second-order valence-electron chi connectivity index (χ2n) is 7.84. The third-order valence-corrected chi connectivity index (χ3v) is 6.65. The summed E-state index contributed by atoms with van der Waals surface area (Å²) < 4.78 is 11.3. The van der Waals surface area contributed by atoms with Gasteiger partial charge < -0.3 is 19.7 Å². The number of thioether (sulfide) groups is 1. The average Bonchev–Trinajstić information content (AvgIpc) is 2.75. The van der Waals surface area contributed by atoms with Gasteiger partial charge in [-0.15, -0.1) is 11.8 Å². The minimum Gasteiger partial charge on any atom is -0.466 e. The first-order chi connectivity index (χ1) is 14.1. The van der Waals surface area contributed by atoms with Gasteiger partial charge in [-0.2, -0.15) is 0 Å². The smallest absolute Gasteiger partial charge is 0.321 e. The summed E-state index contributed by atoms with van der Waals surface area (Å²) in [6.07, 6.45) is 7.28. The van der Waals surface area contributed by atoms with Crippen LogP contribution in [0.15, 0.2) is 29.2 Å². The standard InChI is InChI=1S/C22H32N2O4S/c1-3-27-20(25)22(16-18-8-4-5-14-28-18)10-12-24(13-11-22)21(26)23-17-7-6-9-19(15-17)29-2/h6-7,9,15,18H,3-5,8,10-14,16H2,1-2H3,(H,23,26)/t18-/m1/s1. The number of anilines is 1. The van der Waals surface area contributed by atoms with E-state index in [1.54, 1.807) is 16.7 Å². The highest BCUT2D eigenvalue weighted by molar-refractivity contribution is 7.98. The maximum Gasteiger partial charge on any atom is 0.321 e. The van der Waals surface area contributed by atoms with Crippen molar-refractivity contribution in [3.05, 3.63) is 24.3 Å². The molecule has 3 rings (SSSR count). The lowest BCUT2D eigenvalue weighted by Gasteiger charge is -2.42. The highest BCUT2D eigenvalue weighted by Gasteiger charge is 2.45. The maximum absolute atomic E-state index is 12.8. The van der Waals surface area contributed by atoms with Crippen LogP contribution in [-0.2, 0) is 14.3 Å². The minimum absolute atomic E-state index is 0.114. The zero-order valence-corrected chi connectivity index (χ0v) is 18.3. The molecule has 2 aliphatic heterocycles. The van der Waals surface area contributed by atoms with E-state index < -0.39 is 5.41 Å². The number of likely N-dealkylation sites (tertiary alicyclic amines) is 1. The van der Waals surface area contributed by atoms with E-state index in [1.807, 2.05) is 37.4 Å². The molecule has 1 aromatic rings. The quantitative estimate of drug-likeness (QED) is 0.540. The Morgan fingerprint density at radius 2 is 2.10 bits per heavy atom. The van der Waals surface area contributed by atoms with Crippen LogP contribution in [0.2, 0.25) is 0 Å². The van der Waals surface area contributed by atoms with Gasteiger partial charge >= 0.3 is 12.0 Å². The Bertz CT molecular complexity index is 698. The summed E-state index contributed by atoms with van der Waals surface area (Å²) in [4.78, 5) is 28.5. The summed E-state index contributed by atoms with van der Waals surface area (Å²) in [6.45, 7) is 4.07. The maximum atomic E-state index is 12.8. The molecule has 2 amide bonds. The van der Waals surface area contributed by atoms with E-state index in [0.717, 1.165) is 36.5 Å². The third-order valence-electron chi connectivity index (χ3n) is 5.93. The van der Waals surface area contributed by atoms with Crippen LogP contribution in [0.25, 0.3) is 0 Å². The molecule has 2 heterocycles. The Morgan fingerprint density at radius 1 is 1.31 bits per heavy atom. The van der Waals surface area contributed by atoms with E-state index in [4.69, 9.17) is 9.47 Å². The summed E-state index contributed by atoms with van der Waals surface area (Å²) in [5, 5.41) is 2.98. The predicted molar refractivity (Wildman–Crippen MR) is 115 cm³/mol. The summed E-state index contributed by atoms with van der Waals surface area (Å²) in [6, 6.07) is 7.70. The first-order valence-corrected chi connectivity index (χ1v) is 11.8. The second-order valence-corrected chi connectivity index (χ2v) is 8.72. The van der Waals surface area contributed by atoms with Gasteiger partial charge in [0.15, 0.2) is 0 Å². The molecule has 0 saturated carbocycles. The molecular formula is C22H32N2O4S. The van der Waals surface area contributed by atoms with Gasteiger partial charge in [0.05, 0.1) is 18.1 Å². The Hall–Kier alpha value is -1.73. The molecule has 2 aliphatic rings. The number of hydrogen-bond donors (Lipinski definition) is 1. The molecule has 160 valence electrons. The van der Waals surface area contributed by atoms with Crippen LogP contribution in [-0.4, -0.2) is 55.6 Å². The fourth-order valence-corrected chi connectivity index (χ4v) is 4.68. The molecule has 0 unspecified atom stereocenters. The molecule has 0 aliphatic carbocycles. The number of urea groups is 1. The van der Waals surface area contributed by atoms with Crippen LogP contribution in [0.3, 0.4) is 0 Å². The first-order valence-electron chi connectivity index (χ1n) is 10.5. The van der Waals surface area contributed by atoms with Crippen molar-refractivity contribution < 1.29 is 19.1 Å². The Balaban J connectivity index is 1.62. The first kappa shape index (κ1) is 22.0. The highest BCUT2D eigenvalue weighted by atomic mass is 32.2. The van der Waals surface area contributed by atoms with E-state index in [9.17, 15) is 9.59 Å². The zero-order valence-electron chi connectivity index (χ0n) is 17.4. The topological polar surface area (TPSA) is 67.9 Å². The van der Waals surface area contributed by atoms with Crippen molar-refractivity contribution in [2.24, 2.45) is 5.41 Å². The van der Waals surface area contributed by atoms with E-state index in [2.05, 4.69) is 5.32 Å². The molecule has 0 aromatic heterocycles. The highest BCUT2D eigenvalue weighted by Crippen LogP contribution is 2.40. The number of amides is 2. The van der Waals surface area contributed by atoms with Crippen LogP contribution in [0.1, 0.15) is 45.4 Å². The van der Waals surface area contributed by atoms with Crippen molar-refractivity contribution >= 4 is 29.4 Å². The molecule has 0 bridgehead atoms. The number of carbonyl (C=O) groups is 2. The third kappa shape index (κ3) is 5.66. The number of esters is 1. The molecule has 0 spiro atoms. The van der Waals surface area contributed by atoms with Crippen molar-refractivity contribution in [1.29, 1.82) is 0 Å². The molecule has 1 atom stereocenters. The molecule has 29 heavy (non-hydrogen) atoms. The van der Waals surface area contributed by atoms with Gasteiger partial charge in [-0.3, -0.25) is 4.79 Å². The number of nitrogens with one attached hydrogen (secondary N) is 1. The predicted octanol–water partition coefficient (Wildman–Crippen LogP) is 4.54. The minimum atomic E-state index is -0.548. The van der Waals surface area contributed by atoms with Crippen molar-refractivity contribution in [1.82, 2.24) is 4.90 Å². The van der Waals surface area contributed by atoms with E-state index in [1.165, 1.54) is 0 Å². The van der Waals surface area contributed by atoms with Crippen LogP contribution in [0.5, 0.6) is 0 Å². The number of nitrogens with zero attached hydrogens (tertiary/aromatic N) is 1. The largest absolute Gasteiger partial charge is 0.466 e. The van der Waals surface area contributed by atoms with Crippen LogP contribution >= 0.6 is 11.8 Å². The second kappa shape index (κ2) is 10.3. The number of benzene rings is 1. The molecule has 1 N–H and O–H groups in total. The summed E-state index contributed by atoms with van der Waals surface area (Å²) in [5.41, 5.74) is 0.243. The van der Waals surface area contributed by atoms with Crippen molar-refractivity contribution in [3.63, 3.8) is 0 Å². The fraction of sp³-hybridized carbons (Fsp3) is 0.636. The lowest BCUT2D eigenvalue weighted by Crippen LogP contribution is -2.49. The number of rotatable bonds is 6. The molecule has 6 nitrogen and oxygen atoms in total. The SMILES string of the molecule is CCOC(=O)C1(C[C@H]2CCCCO2)CCN(C(=O)Nc2cccc(SC)c2)CC1. The van der Waals surface area contributed by atoms with Crippen LogP contribution < -0.4 is 5.32 Å². The summed E-state index contributed by atoms with van der Waals surface area (Å²) in [7, 11) is 0. The van der Waals surface area contributed by atoms with Gasteiger partial charge in [-0.1, -0.05) is 6.07 Å². The number of carbonyl (C=O) groups excluding carboxylic acids is 2. The lowest BCUT2D eigenvalue weighted by atomic mass is 9.73. The van der Waals surface area contributed by atoms with Gasteiger partial charge in [-0.05, 0) is 69.9 Å². The van der Waals surface area contributed by atoms with E-state index in [-0.39, 0.29) is 18.1 Å².